The van der Waals surface area contributed by atoms with Crippen molar-refractivity contribution in [2.75, 3.05) is 11.5 Å². The lowest BCUT2D eigenvalue weighted by Gasteiger charge is -2.33. The molecule has 0 bridgehead atoms. The number of nitrogens with two attached hydrogens (primary N) is 1. The van der Waals surface area contributed by atoms with E-state index in [1.165, 1.54) is 22.6 Å². The van der Waals surface area contributed by atoms with Crippen LogP contribution in [0.2, 0.25) is 0 Å². The maximum atomic E-state index is 6.49. The summed E-state index contributed by atoms with van der Waals surface area (Å²) >= 11 is 4.09. The van der Waals surface area contributed by atoms with E-state index in [1.54, 1.807) is 0 Å². The fraction of sp³-hybridized carbons (Fsp3) is 0.625. The zero-order valence-corrected chi connectivity index (χ0v) is 14.0. The minimum atomic E-state index is 0.154. The Morgan fingerprint density at radius 1 is 1.11 bits per heavy atom. The van der Waals surface area contributed by atoms with E-state index in [2.05, 4.69) is 63.7 Å². The highest BCUT2D eigenvalue weighted by atomic mass is 32.2. The monoisotopic (exact) mass is 295 g/mol. The van der Waals surface area contributed by atoms with Gasteiger partial charge in [-0.05, 0) is 16.5 Å². The lowest BCUT2D eigenvalue weighted by atomic mass is 9.86. The van der Waals surface area contributed by atoms with Crippen LogP contribution in [0.3, 0.4) is 0 Å². The van der Waals surface area contributed by atoms with Gasteiger partial charge < -0.3 is 5.73 Å². The SMILES string of the molecule is CC1SCCSC1C(N)c1ccc(C(C)(C)C)cc1. The molecule has 3 unspecified atom stereocenters. The molecule has 3 atom stereocenters. The van der Waals surface area contributed by atoms with Crippen LogP contribution >= 0.6 is 23.5 Å². The van der Waals surface area contributed by atoms with Gasteiger partial charge in [-0.3, -0.25) is 0 Å². The smallest absolute Gasteiger partial charge is 0.0426 e. The third-order valence-corrected chi connectivity index (χ3v) is 6.97. The summed E-state index contributed by atoms with van der Waals surface area (Å²) in [7, 11) is 0. The zero-order valence-electron chi connectivity index (χ0n) is 12.3. The van der Waals surface area contributed by atoms with Gasteiger partial charge in [0, 0.05) is 28.0 Å². The number of rotatable bonds is 2. The van der Waals surface area contributed by atoms with Crippen LogP contribution in [0.1, 0.15) is 44.9 Å². The fourth-order valence-corrected chi connectivity index (χ4v) is 5.32. The molecule has 1 heterocycles. The van der Waals surface area contributed by atoms with Crippen molar-refractivity contribution in [3.05, 3.63) is 35.4 Å². The van der Waals surface area contributed by atoms with Crippen molar-refractivity contribution in [3.63, 3.8) is 0 Å². The molecule has 1 fully saturated rings. The van der Waals surface area contributed by atoms with Crippen molar-refractivity contribution in [3.8, 4) is 0 Å². The van der Waals surface area contributed by atoms with Gasteiger partial charge in [-0.25, -0.2) is 0 Å². The molecule has 0 aromatic heterocycles. The van der Waals surface area contributed by atoms with Crippen molar-refractivity contribution in [2.45, 2.75) is 49.7 Å². The molecule has 1 saturated heterocycles. The molecule has 1 aliphatic heterocycles. The third-order valence-electron chi connectivity index (χ3n) is 3.75. The summed E-state index contributed by atoms with van der Waals surface area (Å²) in [5.41, 5.74) is 9.35. The predicted octanol–water partition coefficient (Wildman–Crippen LogP) is 4.22. The maximum absolute atomic E-state index is 6.49. The fourth-order valence-electron chi connectivity index (χ4n) is 2.44. The van der Waals surface area contributed by atoms with Crippen molar-refractivity contribution in [2.24, 2.45) is 5.73 Å². The molecule has 19 heavy (non-hydrogen) atoms. The van der Waals surface area contributed by atoms with Crippen LogP contribution in [-0.2, 0) is 5.41 Å². The molecule has 1 nitrogen and oxygen atoms in total. The number of hydrogen-bond donors (Lipinski definition) is 1. The van der Waals surface area contributed by atoms with E-state index in [9.17, 15) is 0 Å². The normalized spacial score (nSPS) is 26.2. The highest BCUT2D eigenvalue weighted by molar-refractivity contribution is 8.07. The van der Waals surface area contributed by atoms with E-state index in [0.29, 0.717) is 10.5 Å². The van der Waals surface area contributed by atoms with Gasteiger partial charge in [0.05, 0.1) is 0 Å². The second-order valence-electron chi connectivity index (χ2n) is 6.31. The molecule has 1 aromatic rings. The minimum absolute atomic E-state index is 0.154. The number of hydrogen-bond acceptors (Lipinski definition) is 3. The average Bonchev–Trinajstić information content (AvgIpc) is 2.38. The zero-order chi connectivity index (χ0) is 14.0. The van der Waals surface area contributed by atoms with Gasteiger partial charge in [0.15, 0.2) is 0 Å². The van der Waals surface area contributed by atoms with Crippen LogP contribution in [-0.4, -0.2) is 22.0 Å². The third kappa shape index (κ3) is 3.71. The van der Waals surface area contributed by atoms with Gasteiger partial charge in [-0.2, -0.15) is 23.5 Å². The molecule has 2 N–H and O–H groups in total. The maximum Gasteiger partial charge on any atom is 0.0426 e. The van der Waals surface area contributed by atoms with Crippen LogP contribution in [0.15, 0.2) is 24.3 Å². The quantitative estimate of drug-likeness (QED) is 0.884. The van der Waals surface area contributed by atoms with Crippen LogP contribution < -0.4 is 5.73 Å². The highest BCUT2D eigenvalue weighted by Crippen LogP contribution is 2.37. The van der Waals surface area contributed by atoms with Crippen molar-refractivity contribution in [1.82, 2.24) is 0 Å². The first-order valence-corrected chi connectivity index (χ1v) is 9.08. The average molecular weight is 296 g/mol. The predicted molar refractivity (Wildman–Crippen MR) is 90.2 cm³/mol. The van der Waals surface area contributed by atoms with E-state index in [0.717, 1.165) is 0 Å². The van der Waals surface area contributed by atoms with Gasteiger partial charge in [-0.1, -0.05) is 52.0 Å². The summed E-state index contributed by atoms with van der Waals surface area (Å²) in [4.78, 5) is 0. The Kier molecular flexibility index (Phi) is 4.91. The molecule has 1 aliphatic rings. The molecule has 0 saturated carbocycles. The molecule has 3 heteroatoms. The van der Waals surface area contributed by atoms with E-state index in [4.69, 9.17) is 5.73 Å². The molecule has 0 spiro atoms. The van der Waals surface area contributed by atoms with Crippen LogP contribution in [0.25, 0.3) is 0 Å². The van der Waals surface area contributed by atoms with Crippen LogP contribution in [0.5, 0.6) is 0 Å². The molecular weight excluding hydrogens is 270 g/mol. The summed E-state index contributed by atoms with van der Waals surface area (Å²) in [6.45, 7) is 9.05. The summed E-state index contributed by atoms with van der Waals surface area (Å²) in [5.74, 6) is 2.49. The Hall–Kier alpha value is -0.120. The first kappa shape index (κ1) is 15.3. The molecule has 1 aromatic carbocycles. The van der Waals surface area contributed by atoms with E-state index >= 15 is 0 Å². The Balaban J connectivity index is 2.13. The molecule has 0 radical (unpaired) electrons. The Labute approximate surface area is 126 Å². The largest absolute Gasteiger partial charge is 0.323 e. The van der Waals surface area contributed by atoms with Crippen molar-refractivity contribution < 1.29 is 0 Å². The molecule has 0 amide bonds. The van der Waals surface area contributed by atoms with Crippen LogP contribution in [0.4, 0.5) is 0 Å². The van der Waals surface area contributed by atoms with Crippen molar-refractivity contribution >= 4 is 23.5 Å². The Morgan fingerprint density at radius 3 is 2.21 bits per heavy atom. The summed E-state index contributed by atoms with van der Waals surface area (Å²) in [5, 5.41) is 1.19. The second-order valence-corrected chi connectivity index (χ2v) is 9.08. The Bertz CT molecular complexity index is 408. The van der Waals surface area contributed by atoms with E-state index in [1.807, 2.05) is 11.8 Å². The lowest BCUT2D eigenvalue weighted by Crippen LogP contribution is -2.34. The molecule has 0 aliphatic carbocycles. The standard InChI is InChI=1S/C16H25NS2/c1-11-15(19-10-9-18-11)14(17)12-5-7-13(8-6-12)16(2,3)4/h5-8,11,14-15H,9-10,17H2,1-4H3. The number of thioether (sulfide) groups is 2. The number of benzene rings is 1. The summed E-state index contributed by atoms with van der Waals surface area (Å²) < 4.78 is 0. The topological polar surface area (TPSA) is 26.0 Å². The van der Waals surface area contributed by atoms with Gasteiger partial charge in [0.2, 0.25) is 0 Å². The van der Waals surface area contributed by atoms with Crippen molar-refractivity contribution in [1.29, 1.82) is 0 Å². The molecule has 2 rings (SSSR count). The van der Waals surface area contributed by atoms with Crippen LogP contribution in [0, 0.1) is 0 Å². The van der Waals surface area contributed by atoms with E-state index in [-0.39, 0.29) is 11.5 Å². The second kappa shape index (κ2) is 6.11. The lowest BCUT2D eigenvalue weighted by molar-refractivity contribution is 0.588. The van der Waals surface area contributed by atoms with E-state index < -0.39 is 0 Å². The Morgan fingerprint density at radius 2 is 1.68 bits per heavy atom. The van der Waals surface area contributed by atoms with Gasteiger partial charge in [-0.15, -0.1) is 0 Å². The molecular formula is C16H25NS2. The molecule has 106 valence electrons. The highest BCUT2D eigenvalue weighted by Gasteiger charge is 2.29. The summed E-state index contributed by atoms with van der Waals surface area (Å²) in [6, 6.07) is 9.07. The first-order chi connectivity index (χ1) is 8.89. The van der Waals surface area contributed by atoms with Gasteiger partial charge in [0.1, 0.15) is 0 Å². The summed E-state index contributed by atoms with van der Waals surface area (Å²) in [6.07, 6.45) is 0. The van der Waals surface area contributed by atoms with Gasteiger partial charge >= 0.3 is 0 Å². The van der Waals surface area contributed by atoms with Gasteiger partial charge in [0.25, 0.3) is 0 Å². The first-order valence-electron chi connectivity index (χ1n) is 6.99. The minimum Gasteiger partial charge on any atom is -0.323 e.